The molecule has 1 aromatic rings. The average Bonchev–Trinajstić information content (AvgIpc) is 2.64. The van der Waals surface area contributed by atoms with Crippen LogP contribution in [-0.2, 0) is 16.0 Å². The number of aliphatic hydroxyl groups is 1. The van der Waals surface area contributed by atoms with Crippen LogP contribution in [-0.4, -0.2) is 46.1 Å². The highest BCUT2D eigenvalue weighted by Gasteiger charge is 2.28. The fourth-order valence-corrected chi connectivity index (χ4v) is 3.67. The topological polar surface area (TPSA) is 87.7 Å². The lowest BCUT2D eigenvalue weighted by molar-refractivity contribution is -0.130. The SMILES string of the molecule is CC(C)[C@@H]1NC(=O)[C@@H](I)Cc2ccc(cc2)OCCCC[C@@H](CO)NC1=O. The number of carbonyl (C=O) groups is 2. The van der Waals surface area contributed by atoms with Crippen molar-refractivity contribution in [2.24, 2.45) is 5.92 Å². The zero-order valence-electron chi connectivity index (χ0n) is 15.9. The summed E-state index contributed by atoms with van der Waals surface area (Å²) in [5.41, 5.74) is 1.05. The van der Waals surface area contributed by atoms with Gasteiger partial charge < -0.3 is 20.5 Å². The quantitative estimate of drug-likeness (QED) is 0.440. The van der Waals surface area contributed by atoms with Crippen LogP contribution >= 0.6 is 22.6 Å². The first-order valence-corrected chi connectivity index (χ1v) is 10.7. The summed E-state index contributed by atoms with van der Waals surface area (Å²) in [6.07, 6.45) is 2.92. The van der Waals surface area contributed by atoms with Gasteiger partial charge in [0.25, 0.3) is 0 Å². The van der Waals surface area contributed by atoms with Gasteiger partial charge in [-0.3, -0.25) is 9.59 Å². The molecule has 0 spiro atoms. The number of halogens is 1. The van der Waals surface area contributed by atoms with Crippen molar-refractivity contribution in [2.75, 3.05) is 13.2 Å². The maximum Gasteiger partial charge on any atom is 0.243 e. The van der Waals surface area contributed by atoms with Gasteiger partial charge in [-0.25, -0.2) is 0 Å². The Bertz CT molecular complexity index is 621. The zero-order valence-corrected chi connectivity index (χ0v) is 18.1. The second kappa shape index (κ2) is 10.8. The van der Waals surface area contributed by atoms with E-state index in [1.165, 1.54) is 0 Å². The Kier molecular flexibility index (Phi) is 8.82. The summed E-state index contributed by atoms with van der Waals surface area (Å²) in [6, 6.07) is 6.85. The second-order valence-electron chi connectivity index (χ2n) is 7.28. The molecule has 2 amide bonds. The number of rotatable bonds is 2. The van der Waals surface area contributed by atoms with E-state index < -0.39 is 6.04 Å². The van der Waals surface area contributed by atoms with Gasteiger partial charge in [-0.15, -0.1) is 0 Å². The van der Waals surface area contributed by atoms with Crippen LogP contribution < -0.4 is 15.4 Å². The Morgan fingerprint density at radius 2 is 1.85 bits per heavy atom. The van der Waals surface area contributed by atoms with E-state index in [0.29, 0.717) is 19.4 Å². The molecular weight excluding hydrogens is 459 g/mol. The third-order valence-electron chi connectivity index (χ3n) is 4.65. The van der Waals surface area contributed by atoms with Crippen LogP contribution in [0.25, 0.3) is 0 Å². The highest BCUT2D eigenvalue weighted by Crippen LogP contribution is 2.17. The van der Waals surface area contributed by atoms with E-state index >= 15 is 0 Å². The van der Waals surface area contributed by atoms with E-state index in [1.54, 1.807) is 0 Å². The van der Waals surface area contributed by atoms with E-state index in [4.69, 9.17) is 4.74 Å². The summed E-state index contributed by atoms with van der Waals surface area (Å²) in [5, 5.41) is 15.3. The summed E-state index contributed by atoms with van der Waals surface area (Å²) >= 11 is 2.11. The molecule has 2 aliphatic rings. The number of hydrogen-bond acceptors (Lipinski definition) is 4. The predicted molar refractivity (Wildman–Crippen MR) is 113 cm³/mol. The number of benzene rings is 1. The van der Waals surface area contributed by atoms with Gasteiger partial charge in [-0.2, -0.15) is 0 Å². The molecule has 0 fully saturated rings. The van der Waals surface area contributed by atoms with Gasteiger partial charge in [-0.05, 0) is 49.3 Å². The molecule has 3 atom stereocenters. The molecule has 1 aromatic carbocycles. The highest BCUT2D eigenvalue weighted by molar-refractivity contribution is 14.1. The second-order valence-corrected chi connectivity index (χ2v) is 8.78. The lowest BCUT2D eigenvalue weighted by Gasteiger charge is -2.25. The molecule has 6 nitrogen and oxygen atoms in total. The number of nitrogens with one attached hydrogen (secondary N) is 2. The summed E-state index contributed by atoms with van der Waals surface area (Å²) < 4.78 is 5.46. The first-order valence-electron chi connectivity index (χ1n) is 9.48. The van der Waals surface area contributed by atoms with Crippen LogP contribution in [0.3, 0.4) is 0 Å². The van der Waals surface area contributed by atoms with Gasteiger partial charge in [0.1, 0.15) is 11.8 Å². The summed E-state index contributed by atoms with van der Waals surface area (Å²) in [6.45, 7) is 4.27. The van der Waals surface area contributed by atoms with Crippen LogP contribution in [0.1, 0.15) is 38.7 Å². The fourth-order valence-electron chi connectivity index (χ4n) is 2.98. The minimum absolute atomic E-state index is 0.0494. The van der Waals surface area contributed by atoms with Gasteiger partial charge in [0.05, 0.1) is 23.2 Å². The average molecular weight is 488 g/mol. The van der Waals surface area contributed by atoms with Gasteiger partial charge >= 0.3 is 0 Å². The lowest BCUT2D eigenvalue weighted by Crippen LogP contribution is -2.54. The van der Waals surface area contributed by atoms with Crippen molar-refractivity contribution < 1.29 is 19.4 Å². The molecule has 0 aliphatic carbocycles. The Morgan fingerprint density at radius 1 is 1.15 bits per heavy atom. The number of alkyl halides is 1. The van der Waals surface area contributed by atoms with Crippen LogP contribution in [0.15, 0.2) is 24.3 Å². The zero-order chi connectivity index (χ0) is 19.8. The molecule has 0 saturated heterocycles. The summed E-state index contributed by atoms with van der Waals surface area (Å²) in [4.78, 5) is 25.3. The normalized spacial score (nSPS) is 25.4. The van der Waals surface area contributed by atoms with Crippen LogP contribution in [0.2, 0.25) is 0 Å². The van der Waals surface area contributed by atoms with E-state index in [2.05, 4.69) is 33.2 Å². The molecule has 2 aliphatic heterocycles. The first-order chi connectivity index (χ1) is 12.9. The number of fused-ring (bicyclic) bond motifs is 14. The number of ether oxygens (including phenoxy) is 1. The Morgan fingerprint density at radius 3 is 2.48 bits per heavy atom. The van der Waals surface area contributed by atoms with Crippen molar-refractivity contribution >= 4 is 34.4 Å². The summed E-state index contributed by atoms with van der Waals surface area (Å²) in [7, 11) is 0. The molecule has 7 heteroatoms. The third-order valence-corrected chi connectivity index (χ3v) is 5.66. The molecule has 0 saturated carbocycles. The van der Waals surface area contributed by atoms with Crippen LogP contribution in [0, 0.1) is 5.92 Å². The van der Waals surface area contributed by atoms with Crippen LogP contribution in [0.5, 0.6) is 5.75 Å². The molecule has 0 unspecified atom stereocenters. The van der Waals surface area contributed by atoms with E-state index in [0.717, 1.165) is 24.2 Å². The Labute approximate surface area is 174 Å². The smallest absolute Gasteiger partial charge is 0.243 e. The Balaban J connectivity index is 2.17. The molecule has 0 radical (unpaired) electrons. The van der Waals surface area contributed by atoms with Crippen molar-refractivity contribution in [3.63, 3.8) is 0 Å². The maximum absolute atomic E-state index is 12.7. The molecule has 3 N–H and O–H groups in total. The molecule has 2 bridgehead atoms. The molecule has 3 rings (SSSR count). The van der Waals surface area contributed by atoms with E-state index in [-0.39, 0.29) is 34.3 Å². The van der Waals surface area contributed by atoms with E-state index in [1.807, 2.05) is 38.1 Å². The van der Waals surface area contributed by atoms with Crippen molar-refractivity contribution in [3.8, 4) is 5.75 Å². The molecule has 0 aromatic heterocycles. The number of amides is 2. The van der Waals surface area contributed by atoms with Gasteiger partial charge in [0.15, 0.2) is 0 Å². The van der Waals surface area contributed by atoms with E-state index in [9.17, 15) is 14.7 Å². The molecule has 150 valence electrons. The Hall–Kier alpha value is -1.35. The largest absolute Gasteiger partial charge is 0.494 e. The fraction of sp³-hybridized carbons (Fsp3) is 0.600. The monoisotopic (exact) mass is 488 g/mol. The minimum atomic E-state index is -0.620. The molecule has 27 heavy (non-hydrogen) atoms. The number of aliphatic hydroxyl groups excluding tert-OH is 1. The number of carbonyl (C=O) groups excluding carboxylic acids is 2. The van der Waals surface area contributed by atoms with Crippen LogP contribution in [0.4, 0.5) is 0 Å². The maximum atomic E-state index is 12.7. The van der Waals surface area contributed by atoms with Crippen molar-refractivity contribution in [2.45, 2.75) is 55.5 Å². The van der Waals surface area contributed by atoms with Crippen molar-refractivity contribution in [3.05, 3.63) is 29.8 Å². The highest BCUT2D eigenvalue weighted by atomic mass is 127. The standard InChI is InChI=1S/C20H29IN2O4/c1-13(2)18-20(26)22-15(12-24)5-3-4-10-27-16-8-6-14(7-9-16)11-17(21)19(25)23-18/h6-9,13,15,17-18,24H,3-5,10-12H2,1-2H3,(H,22,26)(H,23,25)/t15-,17-,18-/m0/s1. The lowest BCUT2D eigenvalue weighted by atomic mass is 10.0. The molecular formula is C20H29IN2O4. The third kappa shape index (κ3) is 6.95. The van der Waals surface area contributed by atoms with Crippen molar-refractivity contribution in [1.29, 1.82) is 0 Å². The minimum Gasteiger partial charge on any atom is -0.494 e. The predicted octanol–water partition coefficient (Wildman–Crippen LogP) is 2.21. The van der Waals surface area contributed by atoms with Gasteiger partial charge in [0, 0.05) is 0 Å². The summed E-state index contributed by atoms with van der Waals surface area (Å²) in [5.74, 6) is 0.358. The van der Waals surface area contributed by atoms with Gasteiger partial charge in [0.2, 0.25) is 11.8 Å². The van der Waals surface area contributed by atoms with Gasteiger partial charge in [-0.1, -0.05) is 48.6 Å². The first kappa shape index (κ1) is 21.9. The number of hydrogen-bond donors (Lipinski definition) is 3. The molecule has 2 heterocycles. The van der Waals surface area contributed by atoms with Crippen molar-refractivity contribution in [1.82, 2.24) is 10.6 Å².